The number of methoxy groups -OCH3 is 1. The normalized spacial score (nSPS) is 23.4. The van der Waals surface area contributed by atoms with Crippen LogP contribution < -0.4 is 0 Å². The van der Waals surface area contributed by atoms with Crippen LogP contribution in [0, 0.1) is 0 Å². The molecule has 0 saturated carbocycles. The quantitative estimate of drug-likeness (QED) is 0.786. The van der Waals surface area contributed by atoms with Gasteiger partial charge >= 0.3 is 5.97 Å². The first-order valence-electron chi connectivity index (χ1n) is 7.14. The first-order valence-corrected chi connectivity index (χ1v) is 8.67. The molecular weight excluding hydrogens is 296 g/mol. The lowest BCUT2D eigenvalue weighted by Gasteiger charge is -2.29. The maximum absolute atomic E-state index is 12.1. The Morgan fingerprint density at radius 1 is 1.40 bits per heavy atom. The first-order chi connectivity index (χ1) is 9.72. The second-order valence-electron chi connectivity index (χ2n) is 5.40. The molecule has 4 nitrogen and oxygen atoms in total. The van der Waals surface area contributed by atoms with Gasteiger partial charge in [0.05, 0.1) is 12.8 Å². The molecule has 0 aliphatic carbocycles. The Hall–Kier alpha value is -0.680. The van der Waals surface area contributed by atoms with Crippen LogP contribution in [0.2, 0.25) is 5.15 Å². The Labute approximate surface area is 128 Å². The van der Waals surface area contributed by atoms with Gasteiger partial charge in [0.1, 0.15) is 11.9 Å². The molecule has 2 aliphatic heterocycles. The molecule has 0 bridgehead atoms. The maximum atomic E-state index is 12.1. The fraction of sp³-hybridized carbons (Fsp3) is 0.714. The van der Waals surface area contributed by atoms with Crippen molar-refractivity contribution in [2.75, 3.05) is 18.6 Å². The molecule has 0 radical (unpaired) electrons. The van der Waals surface area contributed by atoms with E-state index in [-0.39, 0.29) is 12.0 Å². The summed E-state index contributed by atoms with van der Waals surface area (Å²) in [7, 11) is 1.45. The van der Waals surface area contributed by atoms with Gasteiger partial charge in [-0.15, -0.1) is 0 Å². The van der Waals surface area contributed by atoms with E-state index in [1.807, 2.05) is 11.8 Å². The van der Waals surface area contributed by atoms with E-state index in [4.69, 9.17) is 16.3 Å². The van der Waals surface area contributed by atoms with Crippen LogP contribution in [0.3, 0.4) is 0 Å². The van der Waals surface area contributed by atoms with Gasteiger partial charge in [0.2, 0.25) is 0 Å². The van der Waals surface area contributed by atoms with Gasteiger partial charge in [-0.1, -0.05) is 11.6 Å². The van der Waals surface area contributed by atoms with E-state index in [1.54, 1.807) is 0 Å². The number of nitrogens with zero attached hydrogens (tertiary/aromatic N) is 2. The zero-order valence-electron chi connectivity index (χ0n) is 11.6. The number of fused-ring (bicyclic) bond motifs is 1. The van der Waals surface area contributed by atoms with Gasteiger partial charge < -0.3 is 9.30 Å². The Morgan fingerprint density at radius 3 is 2.85 bits per heavy atom. The number of thioether (sulfide) groups is 1. The summed E-state index contributed by atoms with van der Waals surface area (Å²) in [6.45, 7) is 0. The molecule has 1 aromatic rings. The number of rotatable bonds is 2. The molecule has 0 aromatic carbocycles. The standard InChI is InChI=1S/C14H19ClN2O2S/c1-19-14(18)11-4-2-3-10-12(15)16-13(17(10)11)9-5-7-20-8-6-9/h9,11H,2-8H2,1H3. The molecule has 2 aliphatic rings. The van der Waals surface area contributed by atoms with Crippen molar-refractivity contribution < 1.29 is 9.53 Å². The average molecular weight is 315 g/mol. The largest absolute Gasteiger partial charge is 0.467 e. The van der Waals surface area contributed by atoms with Gasteiger partial charge in [0, 0.05) is 5.92 Å². The van der Waals surface area contributed by atoms with Crippen LogP contribution in [0.25, 0.3) is 0 Å². The van der Waals surface area contributed by atoms with E-state index in [0.29, 0.717) is 11.1 Å². The first kappa shape index (κ1) is 14.3. The lowest BCUT2D eigenvalue weighted by Crippen LogP contribution is -2.29. The number of aromatic nitrogens is 2. The van der Waals surface area contributed by atoms with E-state index in [1.165, 1.54) is 7.11 Å². The smallest absolute Gasteiger partial charge is 0.328 e. The van der Waals surface area contributed by atoms with Gasteiger partial charge in [-0.2, -0.15) is 11.8 Å². The summed E-state index contributed by atoms with van der Waals surface area (Å²) in [6.07, 6.45) is 4.92. The summed E-state index contributed by atoms with van der Waals surface area (Å²) in [5, 5.41) is 0.576. The number of ether oxygens (including phenoxy) is 1. The highest BCUT2D eigenvalue weighted by Crippen LogP contribution is 2.38. The Balaban J connectivity index is 2.01. The minimum absolute atomic E-state index is 0.175. The third kappa shape index (κ3) is 2.46. The number of hydrogen-bond acceptors (Lipinski definition) is 4. The van der Waals surface area contributed by atoms with Gasteiger partial charge in [0.25, 0.3) is 0 Å². The summed E-state index contributed by atoms with van der Waals surface area (Å²) >= 11 is 8.29. The van der Waals surface area contributed by atoms with Gasteiger partial charge in [0.15, 0.2) is 5.15 Å². The van der Waals surface area contributed by atoms with Crippen LogP contribution in [0.4, 0.5) is 0 Å². The van der Waals surface area contributed by atoms with Crippen LogP contribution in [0.5, 0.6) is 0 Å². The van der Waals surface area contributed by atoms with Crippen LogP contribution in [0.1, 0.15) is 49.2 Å². The Kier molecular flexibility index (Phi) is 4.26. The number of esters is 1. The van der Waals surface area contributed by atoms with Gasteiger partial charge in [-0.25, -0.2) is 9.78 Å². The number of carbonyl (C=O) groups is 1. The minimum atomic E-state index is -0.242. The third-order valence-electron chi connectivity index (χ3n) is 4.25. The summed E-state index contributed by atoms with van der Waals surface area (Å²) in [4.78, 5) is 16.7. The maximum Gasteiger partial charge on any atom is 0.328 e. The van der Waals surface area contributed by atoms with Gasteiger partial charge in [-0.05, 0) is 43.6 Å². The predicted molar refractivity (Wildman–Crippen MR) is 80.5 cm³/mol. The second kappa shape index (κ2) is 5.98. The van der Waals surface area contributed by atoms with E-state index < -0.39 is 0 Å². The van der Waals surface area contributed by atoms with Crippen molar-refractivity contribution in [3.8, 4) is 0 Å². The average Bonchev–Trinajstić information content (AvgIpc) is 2.85. The molecule has 0 amide bonds. The molecule has 1 fully saturated rings. The fourth-order valence-corrected chi connectivity index (χ4v) is 4.60. The predicted octanol–water partition coefficient (Wildman–Crippen LogP) is 3.20. The minimum Gasteiger partial charge on any atom is -0.467 e. The molecular formula is C14H19ClN2O2S. The molecule has 0 spiro atoms. The number of halogens is 1. The van der Waals surface area contributed by atoms with Crippen molar-refractivity contribution in [3.63, 3.8) is 0 Å². The third-order valence-corrected chi connectivity index (χ3v) is 5.60. The van der Waals surface area contributed by atoms with E-state index in [9.17, 15) is 4.79 Å². The topological polar surface area (TPSA) is 44.1 Å². The summed E-state index contributed by atoms with van der Waals surface area (Å²) in [5.74, 6) is 3.57. The highest BCUT2D eigenvalue weighted by atomic mass is 35.5. The summed E-state index contributed by atoms with van der Waals surface area (Å²) < 4.78 is 7.05. The van der Waals surface area contributed by atoms with Crippen molar-refractivity contribution in [2.24, 2.45) is 0 Å². The lowest BCUT2D eigenvalue weighted by molar-refractivity contribution is -0.145. The Bertz CT molecular complexity index is 512. The van der Waals surface area contributed by atoms with Crippen molar-refractivity contribution in [3.05, 3.63) is 16.7 Å². The molecule has 6 heteroatoms. The molecule has 0 N–H and O–H groups in total. The van der Waals surface area contributed by atoms with E-state index in [0.717, 1.165) is 55.1 Å². The Morgan fingerprint density at radius 2 is 2.15 bits per heavy atom. The molecule has 20 heavy (non-hydrogen) atoms. The zero-order valence-corrected chi connectivity index (χ0v) is 13.2. The van der Waals surface area contributed by atoms with Crippen LogP contribution in [-0.4, -0.2) is 34.1 Å². The van der Waals surface area contributed by atoms with Crippen molar-refractivity contribution in [2.45, 2.75) is 44.1 Å². The molecule has 1 unspecified atom stereocenters. The number of carbonyl (C=O) groups excluding carboxylic acids is 1. The van der Waals surface area contributed by atoms with E-state index >= 15 is 0 Å². The van der Waals surface area contributed by atoms with Crippen molar-refractivity contribution >= 4 is 29.3 Å². The van der Waals surface area contributed by atoms with Crippen molar-refractivity contribution in [1.82, 2.24) is 9.55 Å². The molecule has 3 rings (SSSR count). The van der Waals surface area contributed by atoms with Crippen LogP contribution >= 0.6 is 23.4 Å². The van der Waals surface area contributed by atoms with Crippen molar-refractivity contribution in [1.29, 1.82) is 0 Å². The number of hydrogen-bond donors (Lipinski definition) is 0. The molecule has 1 atom stereocenters. The SMILES string of the molecule is COC(=O)C1CCCc2c(Cl)nc(C3CCSCC3)n21. The fourth-order valence-electron chi connectivity index (χ4n) is 3.22. The monoisotopic (exact) mass is 314 g/mol. The molecule has 110 valence electrons. The molecule has 1 aromatic heterocycles. The highest BCUT2D eigenvalue weighted by Gasteiger charge is 2.34. The number of imidazole rings is 1. The van der Waals surface area contributed by atoms with Crippen LogP contribution in [-0.2, 0) is 16.0 Å². The lowest BCUT2D eigenvalue weighted by atomic mass is 9.98. The second-order valence-corrected chi connectivity index (χ2v) is 6.98. The van der Waals surface area contributed by atoms with Crippen LogP contribution in [0.15, 0.2) is 0 Å². The summed E-state index contributed by atoms with van der Waals surface area (Å²) in [5.41, 5.74) is 1.02. The summed E-state index contributed by atoms with van der Waals surface area (Å²) in [6, 6.07) is -0.242. The molecule has 1 saturated heterocycles. The molecule has 3 heterocycles. The van der Waals surface area contributed by atoms with E-state index in [2.05, 4.69) is 9.55 Å². The zero-order chi connectivity index (χ0) is 14.1. The highest BCUT2D eigenvalue weighted by molar-refractivity contribution is 7.99. The van der Waals surface area contributed by atoms with Gasteiger partial charge in [-0.3, -0.25) is 0 Å².